The predicted molar refractivity (Wildman–Crippen MR) is 187 cm³/mol. The highest BCUT2D eigenvalue weighted by atomic mass is 19.4. The maximum atomic E-state index is 13.9. The Kier molecular flexibility index (Phi) is 10.0. The number of hydrogen-bond acceptors (Lipinski definition) is 0. The second-order valence-corrected chi connectivity index (χ2v) is 13.7. The van der Waals surface area contributed by atoms with Gasteiger partial charge in [-0.25, -0.2) is 0 Å². The third kappa shape index (κ3) is 8.46. The van der Waals surface area contributed by atoms with Crippen LogP contribution in [0.25, 0.3) is 60.9 Å². The summed E-state index contributed by atoms with van der Waals surface area (Å²) in [4.78, 5) is 0. The molecule has 0 amide bonds. The zero-order valence-corrected chi connectivity index (χ0v) is 29.7. The molecule has 0 bridgehead atoms. The highest BCUT2D eigenvalue weighted by molar-refractivity contribution is 6.12. The minimum atomic E-state index is -5.27. The van der Waals surface area contributed by atoms with Gasteiger partial charge in [-0.2, -0.15) is 79.0 Å². The van der Waals surface area contributed by atoms with Crippen LogP contribution in [0.2, 0.25) is 0 Å². The summed E-state index contributed by atoms with van der Waals surface area (Å²) < 4.78 is 251. The predicted octanol–water partition coefficient (Wildman–Crippen LogP) is 15.9. The molecule has 0 aliphatic rings. The van der Waals surface area contributed by atoms with Gasteiger partial charge in [0.2, 0.25) is 0 Å². The van der Waals surface area contributed by atoms with Crippen molar-refractivity contribution in [2.24, 2.45) is 0 Å². The molecule has 0 radical (unpaired) electrons. The second kappa shape index (κ2) is 14.2. The Bertz CT molecular complexity index is 2600. The lowest BCUT2D eigenvalue weighted by Crippen LogP contribution is -2.11. The van der Waals surface area contributed by atoms with Crippen LogP contribution < -0.4 is 0 Å². The molecule has 6 aromatic carbocycles. The van der Waals surface area contributed by atoms with Crippen molar-refractivity contribution in [3.63, 3.8) is 0 Å². The lowest BCUT2D eigenvalue weighted by atomic mass is 9.96. The maximum absolute atomic E-state index is 13.9. The lowest BCUT2D eigenvalue weighted by Gasteiger charge is -2.18. The average Bonchev–Trinajstić information content (AvgIpc) is 3.48. The van der Waals surface area contributed by atoms with Crippen LogP contribution in [0.5, 0.6) is 0 Å². The molecule has 19 heteroatoms. The van der Waals surface area contributed by atoms with Crippen LogP contribution >= 0.6 is 0 Å². The van der Waals surface area contributed by atoms with Gasteiger partial charge < -0.3 is 4.57 Å². The number of fused-ring (bicyclic) bond motifs is 3. The van der Waals surface area contributed by atoms with E-state index >= 15 is 0 Å². The second-order valence-electron chi connectivity index (χ2n) is 13.7. The normalized spacial score (nSPS) is 13.4. The topological polar surface area (TPSA) is 4.93 Å². The molecule has 1 nitrogen and oxygen atoms in total. The molecule has 1 aromatic heterocycles. The summed E-state index contributed by atoms with van der Waals surface area (Å²) >= 11 is 0. The highest BCUT2D eigenvalue weighted by Crippen LogP contribution is 2.45. The monoisotopic (exact) mass is 879 g/mol. The van der Waals surface area contributed by atoms with Gasteiger partial charge in [0.25, 0.3) is 0 Å². The third-order valence-corrected chi connectivity index (χ3v) is 9.65. The molecular weight excluding hydrogens is 860 g/mol. The van der Waals surface area contributed by atoms with Crippen LogP contribution in [-0.4, -0.2) is 4.57 Å². The average molecular weight is 880 g/mol. The van der Waals surface area contributed by atoms with Crippen LogP contribution in [0.15, 0.2) is 115 Å². The Balaban J connectivity index is 1.56. The Morgan fingerprint density at radius 1 is 0.279 bits per heavy atom. The number of nitrogens with zero attached hydrogens (tertiary/aromatic N) is 1. The first-order valence-electron chi connectivity index (χ1n) is 17.1. The first-order valence-corrected chi connectivity index (χ1v) is 17.1. The fourth-order valence-corrected chi connectivity index (χ4v) is 6.91. The Morgan fingerprint density at radius 2 is 0.574 bits per heavy atom. The fourth-order valence-electron chi connectivity index (χ4n) is 6.91. The first kappa shape index (κ1) is 43.0. The van der Waals surface area contributed by atoms with Crippen molar-refractivity contribution < 1.29 is 79.0 Å². The molecule has 0 fully saturated rings. The number of alkyl halides is 18. The van der Waals surface area contributed by atoms with Crippen LogP contribution in [0.4, 0.5) is 79.0 Å². The molecule has 0 N–H and O–H groups in total. The molecular formula is C42H19F18N. The standard InChI is InChI=1S/C42H19F18N/c43-37(44,45)25-9-22(10-26(17-25)38(46,47)48)20-5-7-35-32(15-20)33-16-21(23-11-27(39(49,50)51)18-28(12-23)40(52,53)54)6-8-36(33)61(35)34-4-2-1-3-31(34)24-13-29(41(55,56)57)19-30(14-24)42(58,59)60/h1-19H. The summed E-state index contributed by atoms with van der Waals surface area (Å²) in [5.41, 5.74) is -13.0. The minimum absolute atomic E-state index is 0.0329. The number of rotatable bonds is 4. The van der Waals surface area contributed by atoms with Gasteiger partial charge in [0.05, 0.1) is 50.1 Å². The largest absolute Gasteiger partial charge is 0.416 e. The van der Waals surface area contributed by atoms with Gasteiger partial charge in [0, 0.05) is 16.3 Å². The molecule has 318 valence electrons. The smallest absolute Gasteiger partial charge is 0.309 e. The van der Waals surface area contributed by atoms with E-state index in [-0.39, 0.29) is 62.4 Å². The number of hydrogen-bond donors (Lipinski definition) is 0. The van der Waals surface area contributed by atoms with Gasteiger partial charge in [-0.05, 0) is 113 Å². The number of para-hydroxylation sites is 1. The molecule has 7 rings (SSSR count). The molecule has 0 aliphatic heterocycles. The summed E-state index contributed by atoms with van der Waals surface area (Å²) in [5, 5.41) is -0.198. The van der Waals surface area contributed by atoms with E-state index in [2.05, 4.69) is 0 Å². The molecule has 1 heterocycles. The summed E-state index contributed by atoms with van der Waals surface area (Å²) in [6, 6.07) is 13.8. The molecule has 0 atom stereocenters. The first-order chi connectivity index (χ1) is 28.0. The van der Waals surface area contributed by atoms with Gasteiger partial charge in [-0.15, -0.1) is 0 Å². The van der Waals surface area contributed by atoms with E-state index < -0.39 is 87.1 Å². The SMILES string of the molecule is FC(F)(F)c1cc(-c2ccc3c(c2)c2cc(-c4cc(C(F)(F)F)cc(C(F)(F)F)c4)ccc2n3-c2ccccc2-c2cc(C(F)(F)F)cc(C(F)(F)F)c2)cc(C(F)(F)F)c1. The molecule has 0 unspecified atom stereocenters. The zero-order chi connectivity index (χ0) is 44.8. The summed E-state index contributed by atoms with van der Waals surface area (Å²) in [7, 11) is 0. The van der Waals surface area contributed by atoms with Crippen molar-refractivity contribution in [3.8, 4) is 39.1 Å². The van der Waals surface area contributed by atoms with E-state index in [0.29, 0.717) is 36.4 Å². The van der Waals surface area contributed by atoms with Crippen LogP contribution in [0.3, 0.4) is 0 Å². The minimum Gasteiger partial charge on any atom is -0.309 e. The van der Waals surface area contributed by atoms with Crippen molar-refractivity contribution in [2.45, 2.75) is 37.1 Å². The van der Waals surface area contributed by atoms with Crippen molar-refractivity contribution >= 4 is 21.8 Å². The van der Waals surface area contributed by atoms with Gasteiger partial charge >= 0.3 is 37.1 Å². The van der Waals surface area contributed by atoms with Crippen molar-refractivity contribution in [3.05, 3.63) is 149 Å². The van der Waals surface area contributed by atoms with Crippen molar-refractivity contribution in [1.29, 1.82) is 0 Å². The van der Waals surface area contributed by atoms with Crippen LogP contribution in [0.1, 0.15) is 33.4 Å². The van der Waals surface area contributed by atoms with E-state index in [0.717, 1.165) is 42.5 Å². The van der Waals surface area contributed by atoms with E-state index in [1.165, 1.54) is 22.8 Å². The molecule has 0 saturated heterocycles. The van der Waals surface area contributed by atoms with Crippen LogP contribution in [0, 0.1) is 0 Å². The van der Waals surface area contributed by atoms with E-state index in [4.69, 9.17) is 0 Å². The quantitative estimate of drug-likeness (QED) is 0.155. The highest BCUT2D eigenvalue weighted by Gasteiger charge is 2.40. The van der Waals surface area contributed by atoms with E-state index in [1.54, 1.807) is 0 Å². The van der Waals surface area contributed by atoms with Gasteiger partial charge in [0.15, 0.2) is 0 Å². The Hall–Kier alpha value is -6.14. The fraction of sp³-hybridized carbons (Fsp3) is 0.143. The Morgan fingerprint density at radius 3 is 0.885 bits per heavy atom. The summed E-state index contributed by atoms with van der Waals surface area (Å²) in [6.07, 6.45) is -31.6. The molecule has 61 heavy (non-hydrogen) atoms. The lowest BCUT2D eigenvalue weighted by molar-refractivity contribution is -0.144. The molecule has 7 aromatic rings. The number of aromatic nitrogens is 1. The van der Waals surface area contributed by atoms with E-state index in [1.807, 2.05) is 0 Å². The van der Waals surface area contributed by atoms with Gasteiger partial charge in [-0.1, -0.05) is 30.3 Å². The third-order valence-electron chi connectivity index (χ3n) is 9.65. The molecule has 0 saturated carbocycles. The number of benzene rings is 6. The zero-order valence-electron chi connectivity index (χ0n) is 29.7. The Labute approximate surface area is 330 Å². The molecule has 0 spiro atoms. The maximum Gasteiger partial charge on any atom is 0.416 e. The van der Waals surface area contributed by atoms with Gasteiger partial charge in [0.1, 0.15) is 0 Å². The van der Waals surface area contributed by atoms with Crippen molar-refractivity contribution in [2.75, 3.05) is 0 Å². The summed E-state index contributed by atoms with van der Waals surface area (Å²) in [6.45, 7) is 0. The van der Waals surface area contributed by atoms with Crippen LogP contribution in [-0.2, 0) is 37.1 Å². The van der Waals surface area contributed by atoms with Crippen molar-refractivity contribution in [1.82, 2.24) is 4.57 Å². The molecule has 0 aliphatic carbocycles. The van der Waals surface area contributed by atoms with Gasteiger partial charge in [-0.3, -0.25) is 0 Å². The summed E-state index contributed by atoms with van der Waals surface area (Å²) in [5.74, 6) is 0. The number of halogens is 18. The van der Waals surface area contributed by atoms with E-state index in [9.17, 15) is 79.0 Å².